The van der Waals surface area contributed by atoms with E-state index in [1.807, 2.05) is 70.7 Å². The number of hydrogen-bond donors (Lipinski definition) is 0. The highest BCUT2D eigenvalue weighted by Crippen LogP contribution is 2.58. The average molecular weight is 430 g/mol. The maximum absolute atomic E-state index is 13.3. The van der Waals surface area contributed by atoms with Crippen LogP contribution < -0.4 is 0 Å². The van der Waals surface area contributed by atoms with Crippen LogP contribution in [0.2, 0.25) is 0 Å². The summed E-state index contributed by atoms with van der Waals surface area (Å²) in [6.07, 6.45) is 0. The molecule has 0 N–H and O–H groups in total. The maximum atomic E-state index is 13.3. The van der Waals surface area contributed by atoms with Crippen molar-refractivity contribution >= 4 is 23.6 Å². The smallest absolute Gasteiger partial charge is 0.248 e. The number of amides is 4. The normalized spacial score (nSPS) is 34.4. The SMILES string of the molecule is CN1C(=O)[C@@H]2[C@@H](C1=O)N1[C@H](c3ccccc3)[C@@H]3C(=O)N(C)C(=O)[C@@H]3N1[C@@H]2c1ccccc1. The van der Waals surface area contributed by atoms with Crippen LogP contribution in [-0.2, 0) is 19.2 Å². The largest absolute Gasteiger partial charge is 0.284 e. The molecule has 4 amide bonds. The second kappa shape index (κ2) is 6.57. The molecule has 162 valence electrons. The summed E-state index contributed by atoms with van der Waals surface area (Å²) in [5.41, 5.74) is 1.70. The van der Waals surface area contributed by atoms with E-state index in [1.165, 1.54) is 23.9 Å². The van der Waals surface area contributed by atoms with Crippen LogP contribution in [-0.4, -0.2) is 69.6 Å². The number of likely N-dealkylation sites (tertiary alicyclic amines) is 2. The third-order valence-electron chi connectivity index (χ3n) is 7.45. The van der Waals surface area contributed by atoms with Gasteiger partial charge in [0.1, 0.15) is 12.1 Å². The topological polar surface area (TPSA) is 81.2 Å². The number of hydrogen-bond acceptors (Lipinski definition) is 6. The Morgan fingerprint density at radius 2 is 0.844 bits per heavy atom. The summed E-state index contributed by atoms with van der Waals surface area (Å²) in [4.78, 5) is 55.5. The van der Waals surface area contributed by atoms with Crippen molar-refractivity contribution < 1.29 is 19.2 Å². The predicted octanol–water partition coefficient (Wildman–Crippen LogP) is 0.982. The number of carbonyl (C=O) groups excluding carboxylic acids is 4. The maximum Gasteiger partial charge on any atom is 0.248 e. The van der Waals surface area contributed by atoms with E-state index in [4.69, 9.17) is 0 Å². The number of nitrogens with zero attached hydrogens (tertiary/aromatic N) is 4. The van der Waals surface area contributed by atoms with E-state index in [0.29, 0.717) is 0 Å². The number of likely N-dealkylation sites (N-methyl/N-ethyl adjacent to an activating group) is 2. The number of carbonyl (C=O) groups is 4. The van der Waals surface area contributed by atoms with Gasteiger partial charge in [0.05, 0.1) is 23.9 Å². The molecule has 32 heavy (non-hydrogen) atoms. The molecule has 0 unspecified atom stereocenters. The molecule has 6 atom stereocenters. The number of benzene rings is 2. The van der Waals surface area contributed by atoms with Crippen LogP contribution in [0.15, 0.2) is 60.7 Å². The van der Waals surface area contributed by atoms with E-state index in [9.17, 15) is 19.2 Å². The average Bonchev–Trinajstić information content (AvgIpc) is 3.46. The van der Waals surface area contributed by atoms with Crippen molar-refractivity contribution in [3.05, 3.63) is 71.8 Å². The van der Waals surface area contributed by atoms with Crippen LogP contribution in [0, 0.1) is 11.8 Å². The molecular weight excluding hydrogens is 408 g/mol. The molecule has 0 aliphatic carbocycles. The second-order valence-corrected chi connectivity index (χ2v) is 8.88. The van der Waals surface area contributed by atoms with Crippen LogP contribution >= 0.6 is 0 Å². The van der Waals surface area contributed by atoms with Gasteiger partial charge in [0.2, 0.25) is 23.6 Å². The van der Waals surface area contributed by atoms with Gasteiger partial charge >= 0.3 is 0 Å². The van der Waals surface area contributed by atoms with Crippen molar-refractivity contribution in [2.24, 2.45) is 11.8 Å². The van der Waals surface area contributed by atoms with Crippen molar-refractivity contribution in [1.29, 1.82) is 0 Å². The lowest BCUT2D eigenvalue weighted by Gasteiger charge is -2.35. The lowest BCUT2D eigenvalue weighted by molar-refractivity contribution is -0.151. The molecule has 0 radical (unpaired) electrons. The first-order valence-electron chi connectivity index (χ1n) is 10.7. The molecule has 0 saturated carbocycles. The molecule has 4 aliphatic rings. The van der Waals surface area contributed by atoms with Crippen LogP contribution in [0.4, 0.5) is 0 Å². The Labute approximate surface area is 185 Å². The highest BCUT2D eigenvalue weighted by atomic mass is 16.2. The minimum atomic E-state index is -0.751. The molecule has 4 aliphatic heterocycles. The molecule has 4 heterocycles. The van der Waals surface area contributed by atoms with Crippen LogP contribution in [0.1, 0.15) is 23.2 Å². The molecule has 0 spiro atoms. The third-order valence-corrected chi connectivity index (χ3v) is 7.45. The first-order valence-corrected chi connectivity index (χ1v) is 10.7. The second-order valence-electron chi connectivity index (χ2n) is 8.88. The lowest BCUT2D eigenvalue weighted by atomic mass is 9.84. The number of hydrazine groups is 1. The van der Waals surface area contributed by atoms with E-state index < -0.39 is 36.0 Å². The number of fused-ring (bicyclic) bond motifs is 5. The highest BCUT2D eigenvalue weighted by molar-refractivity contribution is 6.10. The fourth-order valence-corrected chi connectivity index (χ4v) is 6.08. The van der Waals surface area contributed by atoms with E-state index >= 15 is 0 Å². The Kier molecular flexibility index (Phi) is 3.97. The van der Waals surface area contributed by atoms with E-state index in [2.05, 4.69) is 0 Å². The van der Waals surface area contributed by atoms with Gasteiger partial charge < -0.3 is 0 Å². The monoisotopic (exact) mass is 430 g/mol. The summed E-state index contributed by atoms with van der Waals surface area (Å²) in [7, 11) is 3.02. The van der Waals surface area contributed by atoms with Gasteiger partial charge in [-0.05, 0) is 11.1 Å². The lowest BCUT2D eigenvalue weighted by Crippen LogP contribution is -2.49. The summed E-state index contributed by atoms with van der Waals surface area (Å²) >= 11 is 0. The summed E-state index contributed by atoms with van der Waals surface area (Å²) in [6.45, 7) is 0. The molecule has 6 rings (SSSR count). The van der Waals surface area contributed by atoms with E-state index in [1.54, 1.807) is 0 Å². The van der Waals surface area contributed by atoms with Crippen molar-refractivity contribution in [2.75, 3.05) is 14.1 Å². The van der Waals surface area contributed by atoms with Gasteiger partial charge in [0.25, 0.3) is 0 Å². The third kappa shape index (κ3) is 2.23. The minimum absolute atomic E-state index is 0.253. The summed E-state index contributed by atoms with van der Waals surface area (Å²) in [6, 6.07) is 16.4. The summed E-state index contributed by atoms with van der Waals surface area (Å²) < 4.78 is 0. The standard InChI is InChI=1S/C24H22N4O4/c1-25-21(29)15-17(13-9-5-3-6-10-13)28-20-16(22(30)26(2)24(20)32)18(14-11-7-4-8-12-14)27(28)19(15)23(25)31/h3-12,15-20H,1-2H3/t15-,16-,17+,18+,19-,20+/m0/s1. The Bertz CT molecular complexity index is 1060. The van der Waals surface area contributed by atoms with Crippen LogP contribution in [0.5, 0.6) is 0 Å². The molecule has 4 saturated heterocycles. The molecule has 2 aromatic carbocycles. The van der Waals surface area contributed by atoms with Crippen molar-refractivity contribution in [1.82, 2.24) is 19.8 Å². The molecule has 2 aromatic rings. The van der Waals surface area contributed by atoms with Gasteiger partial charge in [-0.25, -0.2) is 10.0 Å². The highest BCUT2D eigenvalue weighted by Gasteiger charge is 2.72. The Morgan fingerprint density at radius 1 is 0.500 bits per heavy atom. The Hall–Kier alpha value is -3.36. The minimum Gasteiger partial charge on any atom is -0.284 e. The van der Waals surface area contributed by atoms with Gasteiger partial charge in [-0.1, -0.05) is 60.7 Å². The molecule has 0 aromatic heterocycles. The van der Waals surface area contributed by atoms with Crippen LogP contribution in [0.3, 0.4) is 0 Å². The van der Waals surface area contributed by atoms with Crippen molar-refractivity contribution in [3.63, 3.8) is 0 Å². The fraction of sp³-hybridized carbons (Fsp3) is 0.333. The number of rotatable bonds is 2. The summed E-state index contributed by atoms with van der Waals surface area (Å²) in [5, 5.41) is 3.75. The summed E-state index contributed by atoms with van der Waals surface area (Å²) in [5.74, 6) is -2.38. The van der Waals surface area contributed by atoms with E-state index in [-0.39, 0.29) is 23.6 Å². The first kappa shape index (κ1) is 19.3. The molecular formula is C24H22N4O4. The van der Waals surface area contributed by atoms with Gasteiger partial charge in [0, 0.05) is 14.1 Å². The van der Waals surface area contributed by atoms with Gasteiger partial charge in [-0.2, -0.15) is 0 Å². The molecule has 8 nitrogen and oxygen atoms in total. The van der Waals surface area contributed by atoms with Crippen molar-refractivity contribution in [2.45, 2.75) is 24.2 Å². The van der Waals surface area contributed by atoms with Crippen LogP contribution in [0.25, 0.3) is 0 Å². The van der Waals surface area contributed by atoms with Gasteiger partial charge in [-0.3, -0.25) is 29.0 Å². The Morgan fingerprint density at radius 3 is 1.19 bits per heavy atom. The Balaban J connectivity index is 1.60. The van der Waals surface area contributed by atoms with E-state index in [0.717, 1.165) is 11.1 Å². The zero-order chi connectivity index (χ0) is 22.3. The van der Waals surface area contributed by atoms with Gasteiger partial charge in [0.15, 0.2) is 0 Å². The zero-order valence-corrected chi connectivity index (χ0v) is 17.7. The molecule has 0 bridgehead atoms. The predicted molar refractivity (Wildman–Crippen MR) is 112 cm³/mol. The quantitative estimate of drug-likeness (QED) is 0.661. The first-order chi connectivity index (χ1) is 15.4. The fourth-order valence-electron chi connectivity index (χ4n) is 6.08. The molecule has 4 fully saturated rings. The molecule has 8 heteroatoms. The van der Waals surface area contributed by atoms with Crippen molar-refractivity contribution in [3.8, 4) is 0 Å². The van der Waals surface area contributed by atoms with Gasteiger partial charge in [-0.15, -0.1) is 0 Å². The zero-order valence-electron chi connectivity index (χ0n) is 17.7. The number of imide groups is 2.